The second-order valence-electron chi connectivity index (χ2n) is 7.98. The molecule has 35 heavy (non-hydrogen) atoms. The molecule has 9 heteroatoms. The summed E-state index contributed by atoms with van der Waals surface area (Å²) in [6, 6.07) is 19.0. The normalized spacial score (nSPS) is 11.8. The van der Waals surface area contributed by atoms with Gasteiger partial charge in [-0.05, 0) is 36.8 Å². The van der Waals surface area contributed by atoms with Crippen LogP contribution in [0.1, 0.15) is 11.1 Å². The number of halogens is 5. The summed E-state index contributed by atoms with van der Waals surface area (Å²) in [7, 11) is 0. The minimum atomic E-state index is -4.46. The second-order valence-corrected chi connectivity index (χ2v) is 8.82. The summed E-state index contributed by atoms with van der Waals surface area (Å²) in [5.74, 6) is 0. The third-order valence-corrected chi connectivity index (χ3v) is 6.31. The highest BCUT2D eigenvalue weighted by atomic mass is 35.5. The van der Waals surface area contributed by atoms with Gasteiger partial charge in [0, 0.05) is 21.7 Å². The number of aromatic nitrogens is 3. The van der Waals surface area contributed by atoms with Gasteiger partial charge >= 0.3 is 6.18 Å². The van der Waals surface area contributed by atoms with Crippen LogP contribution in [0.3, 0.4) is 0 Å². The van der Waals surface area contributed by atoms with Crippen LogP contribution >= 0.6 is 23.2 Å². The van der Waals surface area contributed by atoms with Crippen molar-refractivity contribution in [3.63, 3.8) is 0 Å². The summed E-state index contributed by atoms with van der Waals surface area (Å²) < 4.78 is 40.4. The molecule has 0 atom stereocenters. The number of aromatic amines is 1. The average Bonchev–Trinajstić information content (AvgIpc) is 3.21. The van der Waals surface area contributed by atoms with Crippen LogP contribution in [-0.4, -0.2) is 14.6 Å². The molecule has 3 aromatic carbocycles. The lowest BCUT2D eigenvalue weighted by Gasteiger charge is -2.11. The Morgan fingerprint density at radius 2 is 1.60 bits per heavy atom. The molecule has 2 heterocycles. The molecule has 2 aromatic heterocycles. The minimum absolute atomic E-state index is 0.313. The fraction of sp³-hybridized carbons (Fsp3) is 0.0769. The summed E-state index contributed by atoms with van der Waals surface area (Å²) >= 11 is 12.7. The Kier molecular flexibility index (Phi) is 5.69. The Morgan fingerprint density at radius 1 is 0.914 bits per heavy atom. The summed E-state index contributed by atoms with van der Waals surface area (Å²) in [5, 5.41) is 5.41. The number of hydrogen-bond acceptors (Lipinski definition) is 2. The molecule has 0 aliphatic heterocycles. The number of H-pyrrole nitrogens is 1. The van der Waals surface area contributed by atoms with Gasteiger partial charge in [-0.25, -0.2) is 0 Å². The van der Waals surface area contributed by atoms with Crippen molar-refractivity contribution in [3.05, 3.63) is 104 Å². The van der Waals surface area contributed by atoms with E-state index in [0.29, 0.717) is 49.3 Å². The van der Waals surface area contributed by atoms with Gasteiger partial charge in [-0.1, -0.05) is 71.7 Å². The first-order chi connectivity index (χ1) is 16.6. The summed E-state index contributed by atoms with van der Waals surface area (Å²) in [6.07, 6.45) is -4.46. The zero-order valence-corrected chi connectivity index (χ0v) is 19.6. The fourth-order valence-electron chi connectivity index (χ4n) is 4.02. The van der Waals surface area contributed by atoms with Gasteiger partial charge in [0.05, 0.1) is 21.8 Å². The smallest absolute Gasteiger partial charge is 0.339 e. The number of nitrogens with zero attached hydrogens (tertiary/aromatic N) is 2. The predicted octanol–water partition coefficient (Wildman–Crippen LogP) is 7.66. The van der Waals surface area contributed by atoms with E-state index in [1.807, 2.05) is 30.3 Å². The van der Waals surface area contributed by atoms with E-state index in [1.165, 1.54) is 16.6 Å². The molecule has 1 N–H and O–H groups in total. The number of benzene rings is 3. The molecule has 0 spiro atoms. The summed E-state index contributed by atoms with van der Waals surface area (Å²) in [6.45, 7) is 1.60. The Morgan fingerprint density at radius 3 is 2.23 bits per heavy atom. The van der Waals surface area contributed by atoms with Gasteiger partial charge in [-0.3, -0.25) is 4.79 Å². The molecule has 5 rings (SSSR count). The molecule has 0 saturated carbocycles. The van der Waals surface area contributed by atoms with E-state index >= 15 is 0 Å². The van der Waals surface area contributed by atoms with E-state index < -0.39 is 17.3 Å². The molecule has 0 bridgehead atoms. The third kappa shape index (κ3) is 4.11. The standard InChI is InChI=1S/C26H16Cl2F3N3O/c1-14-22(16-7-9-17(10-8-16)26(29,30)31)32-24-21(19-12-11-18(27)13-20(19)28)23(33-34(24)25(14)35)15-5-3-2-4-6-15/h2-13,32H,1H3. The predicted molar refractivity (Wildman–Crippen MR) is 132 cm³/mol. The summed E-state index contributed by atoms with van der Waals surface area (Å²) in [5.41, 5.74) is 2.78. The maximum absolute atomic E-state index is 13.4. The van der Waals surface area contributed by atoms with Gasteiger partial charge in [-0.2, -0.15) is 22.8 Å². The Labute approximate surface area is 207 Å². The molecule has 5 aromatic rings. The Bertz CT molecular complexity index is 1620. The van der Waals surface area contributed by atoms with E-state index in [4.69, 9.17) is 23.2 Å². The lowest BCUT2D eigenvalue weighted by Crippen LogP contribution is -2.19. The van der Waals surface area contributed by atoms with Gasteiger partial charge in [0.1, 0.15) is 11.3 Å². The quantitative estimate of drug-likeness (QED) is 0.269. The van der Waals surface area contributed by atoms with Gasteiger partial charge < -0.3 is 4.98 Å². The van der Waals surface area contributed by atoms with Crippen molar-refractivity contribution in [2.45, 2.75) is 13.1 Å². The lowest BCUT2D eigenvalue weighted by molar-refractivity contribution is -0.137. The zero-order chi connectivity index (χ0) is 24.9. The van der Waals surface area contributed by atoms with Crippen molar-refractivity contribution in [2.24, 2.45) is 0 Å². The molecule has 0 saturated heterocycles. The van der Waals surface area contributed by atoms with Gasteiger partial charge in [0.2, 0.25) is 0 Å². The molecular weight excluding hydrogens is 498 g/mol. The van der Waals surface area contributed by atoms with Gasteiger partial charge in [-0.15, -0.1) is 0 Å². The first kappa shape index (κ1) is 23.2. The van der Waals surface area contributed by atoms with Crippen LogP contribution in [0.4, 0.5) is 13.2 Å². The van der Waals surface area contributed by atoms with Crippen LogP contribution < -0.4 is 5.56 Å². The van der Waals surface area contributed by atoms with E-state index in [1.54, 1.807) is 25.1 Å². The molecule has 4 nitrogen and oxygen atoms in total. The highest BCUT2D eigenvalue weighted by Gasteiger charge is 2.30. The van der Waals surface area contributed by atoms with E-state index in [-0.39, 0.29) is 0 Å². The highest BCUT2D eigenvalue weighted by Crippen LogP contribution is 2.39. The molecule has 0 aliphatic rings. The number of fused-ring (bicyclic) bond motifs is 1. The molecular formula is C26H16Cl2F3N3O. The van der Waals surface area contributed by atoms with Crippen molar-refractivity contribution in [3.8, 4) is 33.6 Å². The van der Waals surface area contributed by atoms with Crippen molar-refractivity contribution < 1.29 is 13.2 Å². The number of alkyl halides is 3. The topological polar surface area (TPSA) is 50.2 Å². The molecule has 0 aliphatic carbocycles. The minimum Gasteiger partial charge on any atom is -0.339 e. The van der Waals surface area contributed by atoms with Crippen LogP contribution in [0.2, 0.25) is 10.0 Å². The van der Waals surface area contributed by atoms with E-state index in [0.717, 1.165) is 17.7 Å². The fourth-order valence-corrected chi connectivity index (χ4v) is 4.52. The second kappa shape index (κ2) is 8.59. The van der Waals surface area contributed by atoms with Crippen molar-refractivity contribution in [1.82, 2.24) is 14.6 Å². The number of rotatable bonds is 3. The molecule has 176 valence electrons. The molecule has 0 fully saturated rings. The largest absolute Gasteiger partial charge is 0.416 e. The Hall–Kier alpha value is -3.55. The highest BCUT2D eigenvalue weighted by molar-refractivity contribution is 6.36. The number of hydrogen-bond donors (Lipinski definition) is 1. The van der Waals surface area contributed by atoms with Gasteiger partial charge in [0.25, 0.3) is 5.56 Å². The molecule has 0 amide bonds. The van der Waals surface area contributed by atoms with Gasteiger partial charge in [0.15, 0.2) is 0 Å². The summed E-state index contributed by atoms with van der Waals surface area (Å²) in [4.78, 5) is 16.6. The monoisotopic (exact) mass is 513 g/mol. The Balaban J connectivity index is 1.83. The van der Waals surface area contributed by atoms with Crippen LogP contribution in [0.15, 0.2) is 77.6 Å². The first-order valence-electron chi connectivity index (χ1n) is 10.5. The van der Waals surface area contributed by atoms with Crippen molar-refractivity contribution >= 4 is 28.8 Å². The lowest BCUT2D eigenvalue weighted by atomic mass is 10.0. The number of nitrogens with one attached hydrogen (secondary N) is 1. The third-order valence-electron chi connectivity index (χ3n) is 5.77. The van der Waals surface area contributed by atoms with Crippen molar-refractivity contribution in [2.75, 3.05) is 0 Å². The van der Waals surface area contributed by atoms with E-state index in [9.17, 15) is 18.0 Å². The SMILES string of the molecule is Cc1c(-c2ccc(C(F)(F)F)cc2)[nH]c2c(-c3ccc(Cl)cc3Cl)c(-c3ccccc3)nn2c1=O. The molecule has 0 unspecified atom stereocenters. The maximum atomic E-state index is 13.4. The average molecular weight is 514 g/mol. The van der Waals surface area contributed by atoms with E-state index in [2.05, 4.69) is 10.1 Å². The van der Waals surface area contributed by atoms with Crippen LogP contribution in [0.5, 0.6) is 0 Å². The van der Waals surface area contributed by atoms with Crippen LogP contribution in [0, 0.1) is 6.92 Å². The molecule has 0 radical (unpaired) electrons. The zero-order valence-electron chi connectivity index (χ0n) is 18.1. The van der Waals surface area contributed by atoms with Crippen LogP contribution in [-0.2, 0) is 6.18 Å². The first-order valence-corrected chi connectivity index (χ1v) is 11.2. The van der Waals surface area contributed by atoms with Crippen LogP contribution in [0.25, 0.3) is 39.3 Å². The van der Waals surface area contributed by atoms with Crippen molar-refractivity contribution in [1.29, 1.82) is 0 Å². The maximum Gasteiger partial charge on any atom is 0.416 e.